The van der Waals surface area contributed by atoms with Crippen LogP contribution in [0.1, 0.15) is 24.5 Å². The smallest absolute Gasteiger partial charge is 0.339 e. The monoisotopic (exact) mass is 432 g/mol. The normalized spacial score (nSPS) is 11.6. The number of nitrogens with one attached hydrogen (secondary N) is 2. The second kappa shape index (κ2) is 10.6. The molecule has 9 heteroatoms. The van der Waals surface area contributed by atoms with Crippen LogP contribution in [-0.4, -0.2) is 38.5 Å². The van der Waals surface area contributed by atoms with Crippen molar-refractivity contribution in [2.24, 2.45) is 0 Å². The Hall–Kier alpha value is -3.17. The van der Waals surface area contributed by atoms with E-state index in [0.717, 1.165) is 5.56 Å². The van der Waals surface area contributed by atoms with Gasteiger partial charge in [-0.25, -0.2) is 0 Å². The number of benzene rings is 2. The standard InChI is InChI=1S/C21H24N2O6S/c1-15-4-10-19(11-5-15)30(27,28)29-18-8-6-17(7-9-18)14-20(23-16(2)25)21(26)22-12-3-13-24/h4-11,14,24H,3,12-13H2,1-2H3,(H,22,26)(H,23,25). The molecule has 2 rings (SSSR count). The number of rotatable bonds is 9. The first-order valence-corrected chi connectivity index (χ1v) is 10.6. The number of carbonyl (C=O) groups excluding carboxylic acids is 2. The van der Waals surface area contributed by atoms with Crippen molar-refractivity contribution in [3.63, 3.8) is 0 Å². The predicted octanol–water partition coefficient (Wildman–Crippen LogP) is 1.74. The summed E-state index contributed by atoms with van der Waals surface area (Å²) in [5.41, 5.74) is 1.51. The van der Waals surface area contributed by atoms with Gasteiger partial charge in [-0.3, -0.25) is 9.59 Å². The molecule has 30 heavy (non-hydrogen) atoms. The predicted molar refractivity (Wildman–Crippen MR) is 112 cm³/mol. The van der Waals surface area contributed by atoms with Crippen LogP contribution in [0.15, 0.2) is 59.1 Å². The van der Waals surface area contributed by atoms with Gasteiger partial charge in [-0.1, -0.05) is 29.8 Å². The lowest BCUT2D eigenvalue weighted by molar-refractivity contribution is -0.122. The number of hydrogen-bond donors (Lipinski definition) is 3. The first kappa shape index (κ1) is 23.1. The molecule has 8 nitrogen and oxygen atoms in total. The maximum absolute atomic E-state index is 12.4. The Bertz CT molecular complexity index is 1010. The van der Waals surface area contributed by atoms with E-state index >= 15 is 0 Å². The molecule has 2 aromatic carbocycles. The van der Waals surface area contributed by atoms with Crippen LogP contribution in [0.5, 0.6) is 5.75 Å². The molecular weight excluding hydrogens is 408 g/mol. The molecule has 0 aliphatic rings. The van der Waals surface area contributed by atoms with Crippen LogP contribution in [0.2, 0.25) is 0 Å². The molecule has 0 saturated carbocycles. The van der Waals surface area contributed by atoms with Crippen molar-refractivity contribution >= 4 is 28.0 Å². The van der Waals surface area contributed by atoms with Gasteiger partial charge in [-0.2, -0.15) is 8.42 Å². The number of carbonyl (C=O) groups is 2. The molecule has 0 aromatic heterocycles. The van der Waals surface area contributed by atoms with Crippen molar-refractivity contribution in [3.8, 4) is 5.75 Å². The van der Waals surface area contributed by atoms with E-state index in [0.29, 0.717) is 12.0 Å². The van der Waals surface area contributed by atoms with Gasteiger partial charge in [-0.05, 0) is 49.2 Å². The molecule has 0 unspecified atom stereocenters. The van der Waals surface area contributed by atoms with Crippen LogP contribution in [0.4, 0.5) is 0 Å². The summed E-state index contributed by atoms with van der Waals surface area (Å²) in [7, 11) is -3.97. The molecule has 3 N–H and O–H groups in total. The van der Waals surface area contributed by atoms with Gasteiger partial charge < -0.3 is 19.9 Å². The number of amides is 2. The Morgan fingerprint density at radius 3 is 2.27 bits per heavy atom. The van der Waals surface area contributed by atoms with Crippen LogP contribution in [0, 0.1) is 6.92 Å². The highest BCUT2D eigenvalue weighted by Crippen LogP contribution is 2.20. The highest BCUT2D eigenvalue weighted by molar-refractivity contribution is 7.87. The highest BCUT2D eigenvalue weighted by atomic mass is 32.2. The first-order valence-electron chi connectivity index (χ1n) is 9.21. The average Bonchev–Trinajstić information content (AvgIpc) is 2.69. The SMILES string of the molecule is CC(=O)NC(=Cc1ccc(OS(=O)(=O)c2ccc(C)cc2)cc1)C(=O)NCCCO. The fourth-order valence-corrected chi connectivity index (χ4v) is 3.32. The van der Waals surface area contributed by atoms with Crippen LogP contribution in [0.25, 0.3) is 6.08 Å². The van der Waals surface area contributed by atoms with E-state index in [1.165, 1.54) is 37.3 Å². The van der Waals surface area contributed by atoms with E-state index in [2.05, 4.69) is 10.6 Å². The molecule has 0 spiro atoms. The van der Waals surface area contributed by atoms with Crippen LogP contribution < -0.4 is 14.8 Å². The molecule has 0 radical (unpaired) electrons. The summed E-state index contributed by atoms with van der Waals surface area (Å²) in [6.45, 7) is 3.33. The Morgan fingerprint density at radius 2 is 1.70 bits per heavy atom. The summed E-state index contributed by atoms with van der Waals surface area (Å²) in [6, 6.07) is 12.3. The van der Waals surface area contributed by atoms with E-state index < -0.39 is 21.9 Å². The molecular formula is C21H24N2O6S. The van der Waals surface area contributed by atoms with Crippen LogP contribution >= 0.6 is 0 Å². The van der Waals surface area contributed by atoms with E-state index in [-0.39, 0.29) is 29.5 Å². The van der Waals surface area contributed by atoms with Crippen molar-refractivity contribution in [2.75, 3.05) is 13.2 Å². The minimum absolute atomic E-state index is 0.0291. The fraction of sp³-hybridized carbons (Fsp3) is 0.238. The van der Waals surface area contributed by atoms with Gasteiger partial charge in [0.05, 0.1) is 0 Å². The minimum Gasteiger partial charge on any atom is -0.396 e. The molecule has 160 valence electrons. The zero-order valence-electron chi connectivity index (χ0n) is 16.7. The summed E-state index contributed by atoms with van der Waals surface area (Å²) < 4.78 is 29.9. The molecule has 0 atom stereocenters. The van der Waals surface area contributed by atoms with Gasteiger partial charge in [0.2, 0.25) is 5.91 Å². The molecule has 0 heterocycles. The lowest BCUT2D eigenvalue weighted by atomic mass is 10.1. The Kier molecular flexibility index (Phi) is 8.14. The van der Waals surface area contributed by atoms with Gasteiger partial charge in [-0.15, -0.1) is 0 Å². The van der Waals surface area contributed by atoms with E-state index in [1.807, 2.05) is 6.92 Å². The van der Waals surface area contributed by atoms with Crippen molar-refractivity contribution in [3.05, 3.63) is 65.4 Å². The molecule has 0 saturated heterocycles. The fourth-order valence-electron chi connectivity index (χ4n) is 2.39. The van der Waals surface area contributed by atoms with Gasteiger partial charge in [0.1, 0.15) is 16.3 Å². The van der Waals surface area contributed by atoms with Crippen molar-refractivity contribution in [1.82, 2.24) is 10.6 Å². The average molecular weight is 432 g/mol. The summed E-state index contributed by atoms with van der Waals surface area (Å²) in [6.07, 6.45) is 1.84. The van der Waals surface area contributed by atoms with Crippen molar-refractivity contribution in [2.45, 2.75) is 25.2 Å². The van der Waals surface area contributed by atoms with Gasteiger partial charge >= 0.3 is 10.1 Å². The summed E-state index contributed by atoms with van der Waals surface area (Å²) in [4.78, 5) is 23.6. The van der Waals surface area contributed by atoms with Crippen LogP contribution in [0.3, 0.4) is 0 Å². The topological polar surface area (TPSA) is 122 Å². The summed E-state index contributed by atoms with van der Waals surface area (Å²) in [5, 5.41) is 13.8. The summed E-state index contributed by atoms with van der Waals surface area (Å²) >= 11 is 0. The number of aliphatic hydroxyl groups is 1. The van der Waals surface area contributed by atoms with E-state index in [9.17, 15) is 18.0 Å². The first-order chi connectivity index (χ1) is 14.2. The maximum atomic E-state index is 12.4. The van der Waals surface area contributed by atoms with Gasteiger partial charge in [0, 0.05) is 20.1 Å². The molecule has 0 aliphatic heterocycles. The third kappa shape index (κ3) is 7.02. The van der Waals surface area contributed by atoms with Crippen LogP contribution in [-0.2, 0) is 19.7 Å². The molecule has 2 aromatic rings. The van der Waals surface area contributed by atoms with Crippen molar-refractivity contribution in [1.29, 1.82) is 0 Å². The second-order valence-electron chi connectivity index (χ2n) is 6.49. The molecule has 2 amide bonds. The zero-order chi connectivity index (χ0) is 22.1. The third-order valence-electron chi connectivity index (χ3n) is 3.88. The highest BCUT2D eigenvalue weighted by Gasteiger charge is 2.16. The van der Waals surface area contributed by atoms with Gasteiger partial charge in [0.25, 0.3) is 5.91 Å². The lowest BCUT2D eigenvalue weighted by Crippen LogP contribution is -2.34. The van der Waals surface area contributed by atoms with E-state index in [1.54, 1.807) is 24.3 Å². The second-order valence-corrected chi connectivity index (χ2v) is 8.04. The number of hydrogen-bond acceptors (Lipinski definition) is 6. The van der Waals surface area contributed by atoms with Crippen molar-refractivity contribution < 1.29 is 27.3 Å². The maximum Gasteiger partial charge on any atom is 0.339 e. The van der Waals surface area contributed by atoms with E-state index in [4.69, 9.17) is 9.29 Å². The Labute approximate surface area is 175 Å². The Balaban J connectivity index is 2.16. The third-order valence-corrected chi connectivity index (χ3v) is 5.14. The number of aliphatic hydroxyl groups excluding tert-OH is 1. The largest absolute Gasteiger partial charge is 0.396 e. The summed E-state index contributed by atoms with van der Waals surface area (Å²) in [5.74, 6) is -0.801. The Morgan fingerprint density at radius 1 is 1.07 bits per heavy atom. The molecule has 0 bridgehead atoms. The van der Waals surface area contributed by atoms with Gasteiger partial charge in [0.15, 0.2) is 0 Å². The lowest BCUT2D eigenvalue weighted by Gasteiger charge is -2.10. The molecule has 0 aliphatic carbocycles. The zero-order valence-corrected chi connectivity index (χ0v) is 17.5. The minimum atomic E-state index is -3.97. The number of aryl methyl sites for hydroxylation is 1. The molecule has 0 fully saturated rings. The quantitative estimate of drug-likeness (QED) is 0.315.